The topological polar surface area (TPSA) is 50.8 Å². The number of anilines is 1. The molecule has 24 heavy (non-hydrogen) atoms. The molecule has 0 radical (unpaired) electrons. The summed E-state index contributed by atoms with van der Waals surface area (Å²) in [6.07, 6.45) is 1.62. The molecule has 0 atom stereocenters. The Bertz CT molecular complexity index is 611. The number of piperidine rings is 1. The maximum absolute atomic E-state index is 13.5. The fourth-order valence-corrected chi connectivity index (χ4v) is 3.00. The molecule has 2 aliphatic rings. The molecule has 5 nitrogen and oxygen atoms in total. The van der Waals surface area contributed by atoms with Crippen molar-refractivity contribution in [2.45, 2.75) is 25.0 Å². The Morgan fingerprint density at radius 3 is 2.46 bits per heavy atom. The zero-order valence-corrected chi connectivity index (χ0v) is 13.1. The summed E-state index contributed by atoms with van der Waals surface area (Å²) in [7, 11) is 0. The lowest BCUT2D eigenvalue weighted by Gasteiger charge is -2.37. The van der Waals surface area contributed by atoms with E-state index in [1.165, 1.54) is 0 Å². The molecule has 0 saturated carbocycles. The number of halogens is 3. The van der Waals surface area contributed by atoms with Crippen LogP contribution in [0.3, 0.4) is 0 Å². The highest BCUT2D eigenvalue weighted by atomic mass is 19.2. The number of hydrogen-bond acceptors (Lipinski definition) is 4. The molecule has 0 aliphatic carbocycles. The Hall–Kier alpha value is -1.64. The second-order valence-corrected chi connectivity index (χ2v) is 5.97. The van der Waals surface area contributed by atoms with E-state index in [0.29, 0.717) is 19.8 Å². The Morgan fingerprint density at radius 1 is 1.12 bits per heavy atom. The van der Waals surface area contributed by atoms with Gasteiger partial charge in [0.2, 0.25) is 5.91 Å². The third-order valence-corrected chi connectivity index (χ3v) is 4.40. The molecule has 2 fully saturated rings. The van der Waals surface area contributed by atoms with Gasteiger partial charge in [0, 0.05) is 38.9 Å². The first-order chi connectivity index (χ1) is 11.5. The van der Waals surface area contributed by atoms with Crippen molar-refractivity contribution in [1.29, 1.82) is 0 Å². The number of ether oxygens (including phenoxy) is 2. The lowest BCUT2D eigenvalue weighted by atomic mass is 10.0. The first-order valence-electron chi connectivity index (χ1n) is 7.93. The molecule has 2 heterocycles. The van der Waals surface area contributed by atoms with Gasteiger partial charge in [-0.2, -0.15) is 0 Å². The van der Waals surface area contributed by atoms with Gasteiger partial charge in [-0.3, -0.25) is 4.79 Å². The van der Waals surface area contributed by atoms with Gasteiger partial charge in [-0.25, -0.2) is 13.2 Å². The number of benzene rings is 1. The van der Waals surface area contributed by atoms with Gasteiger partial charge >= 0.3 is 0 Å². The van der Waals surface area contributed by atoms with E-state index in [4.69, 9.17) is 9.47 Å². The molecular weight excluding hydrogens is 325 g/mol. The first-order valence-corrected chi connectivity index (χ1v) is 7.93. The summed E-state index contributed by atoms with van der Waals surface area (Å²) in [5, 5.41) is 2.27. The second kappa shape index (κ2) is 7.08. The molecule has 0 unspecified atom stereocenters. The fraction of sp³-hybridized carbons (Fsp3) is 0.562. The first kappa shape index (κ1) is 17.2. The van der Waals surface area contributed by atoms with Gasteiger partial charge in [0.15, 0.2) is 23.2 Å². The number of hydrogen-bond donors (Lipinski definition) is 1. The summed E-state index contributed by atoms with van der Waals surface area (Å²) < 4.78 is 50.8. The fourth-order valence-electron chi connectivity index (χ4n) is 3.00. The zero-order chi connectivity index (χ0) is 17.2. The SMILES string of the molecule is O=C(CCN1CCC2(CC1)OCCO2)Nc1ccc(F)c(F)c1F. The normalized spacial score (nSPS) is 20.5. The molecule has 3 rings (SSSR count). The summed E-state index contributed by atoms with van der Waals surface area (Å²) in [4.78, 5) is 14.0. The Balaban J connectivity index is 1.46. The van der Waals surface area contributed by atoms with Crippen LogP contribution in [0.25, 0.3) is 0 Å². The van der Waals surface area contributed by atoms with Crippen molar-refractivity contribution in [1.82, 2.24) is 4.90 Å². The van der Waals surface area contributed by atoms with E-state index in [1.807, 2.05) is 0 Å². The lowest BCUT2D eigenvalue weighted by molar-refractivity contribution is -0.185. The van der Waals surface area contributed by atoms with Crippen LogP contribution >= 0.6 is 0 Å². The highest BCUT2D eigenvalue weighted by Gasteiger charge is 2.39. The third kappa shape index (κ3) is 3.71. The molecular formula is C16H19F3N2O3. The minimum absolute atomic E-state index is 0.132. The summed E-state index contributed by atoms with van der Waals surface area (Å²) >= 11 is 0. The number of carbonyl (C=O) groups is 1. The molecule has 8 heteroatoms. The predicted molar refractivity (Wildman–Crippen MR) is 79.9 cm³/mol. The molecule has 2 aliphatic heterocycles. The van der Waals surface area contributed by atoms with Crippen molar-refractivity contribution in [2.75, 3.05) is 38.2 Å². The van der Waals surface area contributed by atoms with Crippen LogP contribution in [-0.2, 0) is 14.3 Å². The minimum Gasteiger partial charge on any atom is -0.347 e. The van der Waals surface area contributed by atoms with Gasteiger partial charge in [-0.15, -0.1) is 0 Å². The van der Waals surface area contributed by atoms with Crippen LogP contribution in [0.4, 0.5) is 18.9 Å². The van der Waals surface area contributed by atoms with Crippen molar-refractivity contribution < 1.29 is 27.4 Å². The lowest BCUT2D eigenvalue weighted by Crippen LogP contribution is -2.45. The van der Waals surface area contributed by atoms with Crippen molar-refractivity contribution >= 4 is 11.6 Å². The molecule has 2 saturated heterocycles. The van der Waals surface area contributed by atoms with Crippen molar-refractivity contribution in [3.63, 3.8) is 0 Å². The van der Waals surface area contributed by atoms with Crippen LogP contribution in [0.2, 0.25) is 0 Å². The van der Waals surface area contributed by atoms with E-state index in [-0.39, 0.29) is 12.1 Å². The number of amides is 1. The Labute approximate surface area is 137 Å². The van der Waals surface area contributed by atoms with Crippen molar-refractivity contribution in [3.05, 3.63) is 29.6 Å². The quantitative estimate of drug-likeness (QED) is 0.852. The minimum atomic E-state index is -1.59. The maximum Gasteiger partial charge on any atom is 0.225 e. The largest absolute Gasteiger partial charge is 0.347 e. The average Bonchev–Trinajstić information content (AvgIpc) is 3.03. The number of carbonyl (C=O) groups excluding carboxylic acids is 1. The van der Waals surface area contributed by atoms with Crippen LogP contribution < -0.4 is 5.32 Å². The molecule has 0 bridgehead atoms. The average molecular weight is 344 g/mol. The molecule has 1 aromatic rings. The van der Waals surface area contributed by atoms with Gasteiger partial charge in [-0.05, 0) is 12.1 Å². The molecule has 1 N–H and O–H groups in total. The van der Waals surface area contributed by atoms with Crippen LogP contribution in [0.15, 0.2) is 12.1 Å². The molecule has 1 spiro atoms. The highest BCUT2D eigenvalue weighted by Crippen LogP contribution is 2.31. The van der Waals surface area contributed by atoms with Gasteiger partial charge < -0.3 is 19.7 Å². The second-order valence-electron chi connectivity index (χ2n) is 5.97. The number of likely N-dealkylation sites (tertiary alicyclic amines) is 1. The zero-order valence-electron chi connectivity index (χ0n) is 13.1. The van der Waals surface area contributed by atoms with E-state index >= 15 is 0 Å². The Morgan fingerprint density at radius 2 is 1.79 bits per heavy atom. The summed E-state index contributed by atoms with van der Waals surface area (Å²) in [5.74, 6) is -5.18. The van der Waals surface area contributed by atoms with E-state index in [1.54, 1.807) is 0 Å². The standard InChI is InChI=1S/C16H19F3N2O3/c17-11-1-2-12(15(19)14(11)18)20-13(22)3-6-21-7-4-16(5-8-21)23-9-10-24-16/h1-2H,3-10H2,(H,20,22). The van der Waals surface area contributed by atoms with E-state index in [0.717, 1.165) is 38.1 Å². The van der Waals surface area contributed by atoms with Gasteiger partial charge in [0.25, 0.3) is 0 Å². The molecule has 132 valence electrons. The third-order valence-electron chi connectivity index (χ3n) is 4.40. The van der Waals surface area contributed by atoms with E-state index in [9.17, 15) is 18.0 Å². The highest BCUT2D eigenvalue weighted by molar-refractivity contribution is 5.90. The molecule has 1 amide bonds. The predicted octanol–water partition coefficient (Wildman–Crippen LogP) is 2.27. The van der Waals surface area contributed by atoms with Crippen LogP contribution in [-0.4, -0.2) is 49.4 Å². The van der Waals surface area contributed by atoms with Crippen LogP contribution in [0, 0.1) is 17.5 Å². The van der Waals surface area contributed by atoms with Crippen molar-refractivity contribution in [2.24, 2.45) is 0 Å². The summed E-state index contributed by atoms with van der Waals surface area (Å²) in [6.45, 7) is 3.21. The number of nitrogens with one attached hydrogen (secondary N) is 1. The van der Waals surface area contributed by atoms with Crippen molar-refractivity contribution in [3.8, 4) is 0 Å². The number of nitrogens with zero attached hydrogens (tertiary/aromatic N) is 1. The van der Waals surface area contributed by atoms with Gasteiger partial charge in [0.1, 0.15) is 0 Å². The van der Waals surface area contributed by atoms with E-state index < -0.39 is 29.1 Å². The van der Waals surface area contributed by atoms with Gasteiger partial charge in [0.05, 0.1) is 18.9 Å². The summed E-state index contributed by atoms with van der Waals surface area (Å²) in [6, 6.07) is 1.78. The molecule has 0 aromatic heterocycles. The van der Waals surface area contributed by atoms with Gasteiger partial charge in [-0.1, -0.05) is 0 Å². The monoisotopic (exact) mass is 344 g/mol. The maximum atomic E-state index is 13.5. The van der Waals surface area contributed by atoms with Crippen LogP contribution in [0.5, 0.6) is 0 Å². The number of rotatable bonds is 4. The smallest absolute Gasteiger partial charge is 0.225 e. The molecule has 1 aromatic carbocycles. The van der Waals surface area contributed by atoms with Crippen LogP contribution in [0.1, 0.15) is 19.3 Å². The Kier molecular flexibility index (Phi) is 5.07. The van der Waals surface area contributed by atoms with E-state index in [2.05, 4.69) is 10.2 Å². The summed E-state index contributed by atoms with van der Waals surface area (Å²) in [5.41, 5.74) is -0.357.